The predicted octanol–water partition coefficient (Wildman–Crippen LogP) is 1.40. The second kappa shape index (κ2) is 5.75. The van der Waals surface area contributed by atoms with Crippen molar-refractivity contribution >= 4 is 0 Å². The van der Waals surface area contributed by atoms with E-state index in [1.54, 1.807) is 7.11 Å². The molecule has 0 aliphatic rings. The summed E-state index contributed by atoms with van der Waals surface area (Å²) in [6.45, 7) is 2.73. The Kier molecular flexibility index (Phi) is 4.59. The number of benzene rings is 1. The number of rotatable bonds is 5. The third kappa shape index (κ3) is 2.54. The van der Waals surface area contributed by atoms with Crippen LogP contribution in [0, 0.1) is 0 Å². The van der Waals surface area contributed by atoms with Crippen LogP contribution in [0.5, 0.6) is 0 Å². The summed E-state index contributed by atoms with van der Waals surface area (Å²) >= 11 is 0. The van der Waals surface area contributed by atoms with E-state index in [1.807, 2.05) is 12.1 Å². The second-order valence-corrected chi connectivity index (χ2v) is 3.23. The topological polar surface area (TPSA) is 47.3 Å². The van der Waals surface area contributed by atoms with Gasteiger partial charge in [-0.3, -0.25) is 11.3 Å². The Labute approximate surface area is 85.2 Å². The Balaban J connectivity index is 2.90. The lowest BCUT2D eigenvalue weighted by Crippen LogP contribution is -2.31. The molecule has 3 nitrogen and oxygen atoms in total. The molecule has 1 atom stereocenters. The molecule has 0 aliphatic heterocycles. The fourth-order valence-corrected chi connectivity index (χ4v) is 1.59. The average Bonchev–Trinajstić information content (AvgIpc) is 2.26. The number of hydrogen-bond acceptors (Lipinski definition) is 3. The molecule has 78 valence electrons. The summed E-state index contributed by atoms with van der Waals surface area (Å²) in [5, 5.41) is 0. The van der Waals surface area contributed by atoms with Gasteiger partial charge in [0.05, 0.1) is 12.6 Å². The molecule has 1 unspecified atom stereocenters. The van der Waals surface area contributed by atoms with Gasteiger partial charge in [0.1, 0.15) is 0 Å². The van der Waals surface area contributed by atoms with Crippen LogP contribution in [-0.4, -0.2) is 13.7 Å². The van der Waals surface area contributed by atoms with Crippen molar-refractivity contribution in [2.45, 2.75) is 19.4 Å². The number of nitrogens with one attached hydrogen (secondary N) is 1. The molecule has 0 heterocycles. The Bertz CT molecular complexity index is 276. The molecule has 0 saturated heterocycles. The highest BCUT2D eigenvalue weighted by atomic mass is 16.5. The normalized spacial score (nSPS) is 12.8. The number of methoxy groups -OCH3 is 1. The zero-order chi connectivity index (χ0) is 10.4. The van der Waals surface area contributed by atoms with Crippen LogP contribution in [0.4, 0.5) is 0 Å². The van der Waals surface area contributed by atoms with Gasteiger partial charge in [-0.05, 0) is 17.5 Å². The number of aryl methyl sites for hydroxylation is 1. The minimum absolute atomic E-state index is 0.0798. The molecule has 1 rings (SSSR count). The summed E-state index contributed by atoms with van der Waals surface area (Å²) in [6.07, 6.45) is 1.01. The highest BCUT2D eigenvalue weighted by molar-refractivity contribution is 5.30. The van der Waals surface area contributed by atoms with E-state index in [1.165, 1.54) is 11.1 Å². The van der Waals surface area contributed by atoms with Crippen molar-refractivity contribution in [3.05, 3.63) is 35.4 Å². The van der Waals surface area contributed by atoms with Crippen molar-refractivity contribution in [2.75, 3.05) is 13.7 Å². The highest BCUT2D eigenvalue weighted by Gasteiger charge is 2.11. The van der Waals surface area contributed by atoms with Crippen LogP contribution >= 0.6 is 0 Å². The van der Waals surface area contributed by atoms with E-state index in [9.17, 15) is 0 Å². The molecule has 0 aliphatic carbocycles. The highest BCUT2D eigenvalue weighted by Crippen LogP contribution is 2.17. The van der Waals surface area contributed by atoms with Gasteiger partial charge < -0.3 is 4.74 Å². The summed E-state index contributed by atoms with van der Waals surface area (Å²) in [4.78, 5) is 0. The average molecular weight is 194 g/mol. The van der Waals surface area contributed by atoms with Crippen molar-refractivity contribution in [1.82, 2.24) is 5.43 Å². The zero-order valence-electron chi connectivity index (χ0n) is 8.79. The molecule has 0 fully saturated rings. The molecule has 1 aromatic rings. The molecule has 14 heavy (non-hydrogen) atoms. The minimum Gasteiger partial charge on any atom is -0.383 e. The van der Waals surface area contributed by atoms with Gasteiger partial charge in [0, 0.05) is 7.11 Å². The predicted molar refractivity (Wildman–Crippen MR) is 57.8 cm³/mol. The van der Waals surface area contributed by atoms with Crippen LogP contribution in [0.3, 0.4) is 0 Å². The van der Waals surface area contributed by atoms with E-state index in [2.05, 4.69) is 24.5 Å². The fourth-order valence-electron chi connectivity index (χ4n) is 1.59. The first-order valence-electron chi connectivity index (χ1n) is 4.86. The van der Waals surface area contributed by atoms with Gasteiger partial charge in [0.2, 0.25) is 0 Å². The number of hydrogen-bond donors (Lipinski definition) is 2. The molecule has 3 heteroatoms. The lowest BCUT2D eigenvalue weighted by Gasteiger charge is -2.18. The van der Waals surface area contributed by atoms with Crippen LogP contribution < -0.4 is 11.3 Å². The molecule has 0 amide bonds. The third-order valence-corrected chi connectivity index (χ3v) is 2.35. The molecule has 0 aromatic heterocycles. The smallest absolute Gasteiger partial charge is 0.0696 e. The standard InChI is InChI=1S/C11H18N2O/c1-3-9-6-4-5-7-10(9)11(13-12)8-14-2/h4-7,11,13H,3,8,12H2,1-2H3. The first-order chi connectivity index (χ1) is 6.83. The first kappa shape index (κ1) is 11.2. The summed E-state index contributed by atoms with van der Waals surface area (Å²) in [5.74, 6) is 5.48. The molecular weight excluding hydrogens is 176 g/mol. The van der Waals surface area contributed by atoms with Crippen LogP contribution in [0.15, 0.2) is 24.3 Å². The van der Waals surface area contributed by atoms with Gasteiger partial charge in [-0.25, -0.2) is 0 Å². The SMILES string of the molecule is CCc1ccccc1C(COC)NN. The van der Waals surface area contributed by atoms with Crippen LogP contribution in [0.1, 0.15) is 24.1 Å². The van der Waals surface area contributed by atoms with Gasteiger partial charge in [0.15, 0.2) is 0 Å². The van der Waals surface area contributed by atoms with Gasteiger partial charge in [-0.2, -0.15) is 0 Å². The van der Waals surface area contributed by atoms with Crippen LogP contribution in [0.25, 0.3) is 0 Å². The third-order valence-electron chi connectivity index (χ3n) is 2.35. The molecule has 0 radical (unpaired) electrons. The van der Waals surface area contributed by atoms with Crippen molar-refractivity contribution in [1.29, 1.82) is 0 Å². The van der Waals surface area contributed by atoms with Gasteiger partial charge >= 0.3 is 0 Å². The van der Waals surface area contributed by atoms with Crippen molar-refractivity contribution < 1.29 is 4.74 Å². The monoisotopic (exact) mass is 194 g/mol. The van der Waals surface area contributed by atoms with Crippen LogP contribution in [0.2, 0.25) is 0 Å². The fraction of sp³-hybridized carbons (Fsp3) is 0.455. The van der Waals surface area contributed by atoms with Crippen molar-refractivity contribution in [3.8, 4) is 0 Å². The molecule has 0 bridgehead atoms. The summed E-state index contributed by atoms with van der Waals surface area (Å²) < 4.78 is 5.11. The zero-order valence-corrected chi connectivity index (χ0v) is 8.79. The number of nitrogens with two attached hydrogens (primary N) is 1. The Morgan fingerprint density at radius 1 is 1.43 bits per heavy atom. The largest absolute Gasteiger partial charge is 0.383 e. The number of hydrazine groups is 1. The van der Waals surface area contributed by atoms with Crippen molar-refractivity contribution in [3.63, 3.8) is 0 Å². The quantitative estimate of drug-likeness (QED) is 0.550. The van der Waals surface area contributed by atoms with E-state index in [-0.39, 0.29) is 6.04 Å². The lowest BCUT2D eigenvalue weighted by atomic mass is 9.99. The summed E-state index contributed by atoms with van der Waals surface area (Å²) in [7, 11) is 1.68. The van der Waals surface area contributed by atoms with Gasteiger partial charge in [-0.1, -0.05) is 31.2 Å². The maximum Gasteiger partial charge on any atom is 0.0696 e. The molecule has 1 aromatic carbocycles. The Morgan fingerprint density at radius 2 is 2.14 bits per heavy atom. The first-order valence-corrected chi connectivity index (χ1v) is 4.86. The Morgan fingerprint density at radius 3 is 2.71 bits per heavy atom. The Hall–Kier alpha value is -0.900. The van der Waals surface area contributed by atoms with E-state index in [0.717, 1.165) is 6.42 Å². The maximum absolute atomic E-state index is 5.48. The molecule has 0 saturated carbocycles. The van der Waals surface area contributed by atoms with E-state index in [0.29, 0.717) is 6.61 Å². The maximum atomic E-state index is 5.48. The van der Waals surface area contributed by atoms with Crippen molar-refractivity contribution in [2.24, 2.45) is 5.84 Å². The molecular formula is C11H18N2O. The minimum atomic E-state index is 0.0798. The number of ether oxygens (including phenoxy) is 1. The second-order valence-electron chi connectivity index (χ2n) is 3.23. The van der Waals surface area contributed by atoms with E-state index < -0.39 is 0 Å². The van der Waals surface area contributed by atoms with Crippen LogP contribution in [-0.2, 0) is 11.2 Å². The summed E-state index contributed by atoms with van der Waals surface area (Å²) in [6, 6.07) is 8.35. The van der Waals surface area contributed by atoms with Gasteiger partial charge in [0.25, 0.3) is 0 Å². The van der Waals surface area contributed by atoms with E-state index >= 15 is 0 Å². The van der Waals surface area contributed by atoms with E-state index in [4.69, 9.17) is 10.6 Å². The lowest BCUT2D eigenvalue weighted by molar-refractivity contribution is 0.167. The molecule has 0 spiro atoms. The van der Waals surface area contributed by atoms with Gasteiger partial charge in [-0.15, -0.1) is 0 Å². The summed E-state index contributed by atoms with van der Waals surface area (Å²) in [5.41, 5.74) is 5.30. The molecule has 3 N–H and O–H groups in total.